The van der Waals surface area contributed by atoms with E-state index >= 15 is 0 Å². The molecular weight excluding hydrogens is 312 g/mol. The van der Waals surface area contributed by atoms with Gasteiger partial charge in [-0.1, -0.05) is 30.3 Å². The van der Waals surface area contributed by atoms with Crippen molar-refractivity contribution in [1.29, 1.82) is 0 Å². The molecule has 25 heavy (non-hydrogen) atoms. The van der Waals surface area contributed by atoms with Crippen LogP contribution in [0.15, 0.2) is 36.4 Å². The third-order valence-corrected chi connectivity index (χ3v) is 6.08. The van der Waals surface area contributed by atoms with Crippen molar-refractivity contribution in [3.63, 3.8) is 0 Å². The molecule has 0 spiro atoms. The Morgan fingerprint density at radius 3 is 2.76 bits per heavy atom. The van der Waals surface area contributed by atoms with Gasteiger partial charge in [-0.25, -0.2) is 0 Å². The van der Waals surface area contributed by atoms with E-state index in [1.165, 1.54) is 18.4 Å². The fourth-order valence-corrected chi connectivity index (χ4v) is 4.62. The summed E-state index contributed by atoms with van der Waals surface area (Å²) >= 11 is 0. The summed E-state index contributed by atoms with van der Waals surface area (Å²) in [6.07, 6.45) is 2.41. The van der Waals surface area contributed by atoms with Gasteiger partial charge in [-0.05, 0) is 30.4 Å². The van der Waals surface area contributed by atoms with Crippen LogP contribution in [0.3, 0.4) is 0 Å². The largest absolute Gasteiger partial charge is 0.330 e. The van der Waals surface area contributed by atoms with E-state index in [0.717, 1.165) is 31.0 Å². The first-order chi connectivity index (χ1) is 12.2. The smallest absolute Gasteiger partial charge is 0.272 e. The first-order valence-corrected chi connectivity index (χ1v) is 9.33. The van der Waals surface area contributed by atoms with Gasteiger partial charge >= 0.3 is 0 Å². The number of nitrogens with one attached hydrogen (secondary N) is 1. The second-order valence-corrected chi connectivity index (χ2v) is 7.75. The third kappa shape index (κ3) is 2.49. The molecule has 5 heteroatoms. The highest BCUT2D eigenvalue weighted by Gasteiger charge is 2.47. The minimum atomic E-state index is 0.130. The van der Waals surface area contributed by atoms with E-state index < -0.39 is 0 Å². The standard InChI is InChI=1S/C20H24N4O/c1-23-18(9-17(22-23)13-7-8-13)20(25)24-12-15-10-21-11-16(15)19(24)14-5-3-2-4-6-14/h2-6,9,13,15-16,19,21H,7-8,10-12H2,1H3/t15-,16-,19+/m0/s1. The van der Waals surface area contributed by atoms with Gasteiger partial charge in [0.25, 0.3) is 5.91 Å². The van der Waals surface area contributed by atoms with Gasteiger partial charge < -0.3 is 10.2 Å². The Morgan fingerprint density at radius 2 is 2.00 bits per heavy atom. The molecule has 130 valence electrons. The van der Waals surface area contributed by atoms with Crippen molar-refractivity contribution in [2.45, 2.75) is 24.8 Å². The predicted octanol–water partition coefficient (Wildman–Crippen LogP) is 2.33. The number of fused-ring (bicyclic) bond motifs is 1. The summed E-state index contributed by atoms with van der Waals surface area (Å²) in [5.74, 6) is 1.75. The average Bonchev–Trinajstić information content (AvgIpc) is 3.09. The molecule has 3 heterocycles. The quantitative estimate of drug-likeness (QED) is 0.936. The second kappa shape index (κ2) is 5.70. The van der Waals surface area contributed by atoms with E-state index in [4.69, 9.17) is 0 Å². The van der Waals surface area contributed by atoms with E-state index in [9.17, 15) is 4.79 Å². The van der Waals surface area contributed by atoms with E-state index in [2.05, 4.69) is 39.6 Å². The summed E-state index contributed by atoms with van der Waals surface area (Å²) in [6, 6.07) is 12.7. The van der Waals surface area contributed by atoms with Crippen LogP contribution in [0.5, 0.6) is 0 Å². The van der Waals surface area contributed by atoms with Gasteiger partial charge in [0.2, 0.25) is 0 Å². The van der Waals surface area contributed by atoms with Crippen LogP contribution in [0.25, 0.3) is 0 Å². The number of carbonyl (C=O) groups excluding carboxylic acids is 1. The SMILES string of the molecule is Cn1nc(C2CC2)cc1C(=O)N1C[C@@H]2CNC[C@@H]2[C@H]1c1ccccc1. The van der Waals surface area contributed by atoms with Crippen molar-refractivity contribution in [1.82, 2.24) is 20.0 Å². The van der Waals surface area contributed by atoms with E-state index in [1.807, 2.05) is 19.2 Å². The molecule has 1 amide bonds. The fourth-order valence-electron chi connectivity index (χ4n) is 4.62. The average molecular weight is 336 g/mol. The molecule has 2 aliphatic heterocycles. The first kappa shape index (κ1) is 15.1. The van der Waals surface area contributed by atoms with E-state index in [-0.39, 0.29) is 11.9 Å². The molecule has 2 aromatic rings. The Hall–Kier alpha value is -2.14. The lowest BCUT2D eigenvalue weighted by Crippen LogP contribution is -2.35. The van der Waals surface area contributed by atoms with Crippen molar-refractivity contribution in [3.05, 3.63) is 53.3 Å². The lowest BCUT2D eigenvalue weighted by molar-refractivity contribution is 0.0703. The molecule has 1 saturated carbocycles. The van der Waals surface area contributed by atoms with Crippen LogP contribution in [0.2, 0.25) is 0 Å². The molecule has 2 saturated heterocycles. The van der Waals surface area contributed by atoms with Gasteiger partial charge in [0, 0.05) is 38.5 Å². The number of amides is 1. The zero-order valence-corrected chi connectivity index (χ0v) is 14.6. The Kier molecular flexibility index (Phi) is 3.45. The van der Waals surface area contributed by atoms with Crippen LogP contribution in [0.1, 0.15) is 46.5 Å². The van der Waals surface area contributed by atoms with E-state index in [1.54, 1.807) is 4.68 Å². The number of likely N-dealkylation sites (tertiary alicyclic amines) is 1. The summed E-state index contributed by atoms with van der Waals surface area (Å²) in [7, 11) is 1.90. The second-order valence-electron chi connectivity index (χ2n) is 7.75. The van der Waals surface area contributed by atoms with Crippen LogP contribution >= 0.6 is 0 Å². The molecule has 1 aromatic heterocycles. The number of benzene rings is 1. The van der Waals surface area contributed by atoms with Gasteiger partial charge in [0.15, 0.2) is 0 Å². The van der Waals surface area contributed by atoms with E-state index in [0.29, 0.717) is 17.8 Å². The number of hydrogen-bond donors (Lipinski definition) is 1. The number of hydrogen-bond acceptors (Lipinski definition) is 3. The van der Waals surface area contributed by atoms with Gasteiger partial charge in [-0.3, -0.25) is 9.48 Å². The highest BCUT2D eigenvalue weighted by atomic mass is 16.2. The van der Waals surface area contributed by atoms with Gasteiger partial charge in [0.1, 0.15) is 5.69 Å². The first-order valence-electron chi connectivity index (χ1n) is 9.33. The minimum Gasteiger partial charge on any atom is -0.330 e. The molecule has 5 rings (SSSR count). The maximum absolute atomic E-state index is 13.4. The van der Waals surface area contributed by atoms with Crippen molar-refractivity contribution < 1.29 is 4.79 Å². The van der Waals surface area contributed by atoms with Crippen molar-refractivity contribution in [2.75, 3.05) is 19.6 Å². The van der Waals surface area contributed by atoms with Gasteiger partial charge in [-0.2, -0.15) is 5.10 Å². The van der Waals surface area contributed by atoms with Crippen LogP contribution in [0.4, 0.5) is 0 Å². The van der Waals surface area contributed by atoms with Crippen LogP contribution in [0, 0.1) is 11.8 Å². The molecular formula is C20H24N4O. The highest BCUT2D eigenvalue weighted by Crippen LogP contribution is 2.44. The molecule has 5 nitrogen and oxygen atoms in total. The zero-order chi connectivity index (χ0) is 17.0. The monoisotopic (exact) mass is 336 g/mol. The molecule has 1 aliphatic carbocycles. The van der Waals surface area contributed by atoms with Crippen LogP contribution in [-0.2, 0) is 7.05 Å². The zero-order valence-electron chi connectivity index (χ0n) is 14.6. The van der Waals surface area contributed by atoms with Crippen LogP contribution < -0.4 is 5.32 Å². The Bertz CT molecular complexity index is 795. The molecule has 1 aromatic carbocycles. The number of carbonyl (C=O) groups is 1. The fraction of sp³-hybridized carbons (Fsp3) is 0.500. The molecule has 3 aliphatic rings. The molecule has 1 N–H and O–H groups in total. The molecule has 0 radical (unpaired) electrons. The molecule has 3 fully saturated rings. The maximum atomic E-state index is 13.4. The number of aromatic nitrogens is 2. The van der Waals surface area contributed by atoms with Gasteiger partial charge in [-0.15, -0.1) is 0 Å². The van der Waals surface area contributed by atoms with Gasteiger partial charge in [0.05, 0.1) is 11.7 Å². The minimum absolute atomic E-state index is 0.130. The molecule has 3 atom stereocenters. The Labute approximate surface area is 148 Å². The normalized spacial score (nSPS) is 28.4. The third-order valence-electron chi connectivity index (χ3n) is 6.08. The summed E-state index contributed by atoms with van der Waals surface area (Å²) < 4.78 is 1.78. The summed E-state index contributed by atoms with van der Waals surface area (Å²) in [5, 5.41) is 8.10. The summed E-state index contributed by atoms with van der Waals surface area (Å²) in [6.45, 7) is 2.84. The lowest BCUT2D eigenvalue weighted by atomic mass is 9.89. The van der Waals surface area contributed by atoms with Crippen LogP contribution in [-0.4, -0.2) is 40.2 Å². The number of rotatable bonds is 3. The number of nitrogens with zero attached hydrogens (tertiary/aromatic N) is 3. The predicted molar refractivity (Wildman–Crippen MR) is 95.3 cm³/mol. The molecule has 0 bridgehead atoms. The molecule has 0 unspecified atom stereocenters. The highest BCUT2D eigenvalue weighted by molar-refractivity contribution is 5.93. The maximum Gasteiger partial charge on any atom is 0.272 e. The Balaban J connectivity index is 1.49. The van der Waals surface area contributed by atoms with Crippen molar-refractivity contribution in [3.8, 4) is 0 Å². The topological polar surface area (TPSA) is 50.2 Å². The summed E-state index contributed by atoms with van der Waals surface area (Å²) in [5.41, 5.74) is 3.07. The van der Waals surface area contributed by atoms with Crippen molar-refractivity contribution in [2.24, 2.45) is 18.9 Å². The van der Waals surface area contributed by atoms with Crippen molar-refractivity contribution >= 4 is 5.91 Å². The Morgan fingerprint density at radius 1 is 1.20 bits per heavy atom. The lowest BCUT2D eigenvalue weighted by Gasteiger charge is -2.28. The number of aryl methyl sites for hydroxylation is 1. The summed E-state index contributed by atoms with van der Waals surface area (Å²) in [4.78, 5) is 15.5.